The van der Waals surface area contributed by atoms with Gasteiger partial charge in [0.2, 0.25) is 0 Å². The van der Waals surface area contributed by atoms with Crippen LogP contribution in [0.2, 0.25) is 10.0 Å². The maximum Gasteiger partial charge on any atom is 0.170 e. The molecule has 1 saturated heterocycles. The number of morpholine rings is 1. The summed E-state index contributed by atoms with van der Waals surface area (Å²) in [5.41, 5.74) is 2.30. The standard InChI is InChI=1S/C23H22Cl2N4O2/c24-18-2-1-3-19(25)23(18)20(30)12-16-6-7-26-22(13-16)28-21-5-4-17(14-27-21)15-29-8-10-31-11-9-29/h1-7,13-14H,8-12,15H2,(H,26,27,28). The normalized spacial score (nSPS) is 14.4. The van der Waals surface area contributed by atoms with Crippen LogP contribution in [-0.2, 0) is 17.7 Å². The zero-order chi connectivity index (χ0) is 21.6. The zero-order valence-electron chi connectivity index (χ0n) is 16.9. The zero-order valence-corrected chi connectivity index (χ0v) is 18.4. The van der Waals surface area contributed by atoms with Crippen molar-refractivity contribution in [3.05, 3.63) is 81.6 Å². The summed E-state index contributed by atoms with van der Waals surface area (Å²) < 4.78 is 5.38. The van der Waals surface area contributed by atoms with E-state index in [1.165, 1.54) is 0 Å². The van der Waals surface area contributed by atoms with Crippen molar-refractivity contribution in [3.8, 4) is 0 Å². The highest BCUT2D eigenvalue weighted by atomic mass is 35.5. The molecule has 0 aliphatic carbocycles. The van der Waals surface area contributed by atoms with Crippen LogP contribution in [0.15, 0.2) is 54.9 Å². The van der Waals surface area contributed by atoms with E-state index >= 15 is 0 Å². The van der Waals surface area contributed by atoms with Crippen molar-refractivity contribution >= 4 is 40.6 Å². The van der Waals surface area contributed by atoms with Crippen LogP contribution in [0.25, 0.3) is 0 Å². The first-order valence-corrected chi connectivity index (χ1v) is 10.8. The lowest BCUT2D eigenvalue weighted by atomic mass is 10.0. The Bertz CT molecular complexity index is 1030. The van der Waals surface area contributed by atoms with Crippen LogP contribution < -0.4 is 5.32 Å². The van der Waals surface area contributed by atoms with Crippen LogP contribution in [0.3, 0.4) is 0 Å². The van der Waals surface area contributed by atoms with Crippen molar-refractivity contribution in [2.45, 2.75) is 13.0 Å². The number of benzene rings is 1. The van der Waals surface area contributed by atoms with Gasteiger partial charge in [-0.05, 0) is 41.5 Å². The van der Waals surface area contributed by atoms with Gasteiger partial charge in [-0.15, -0.1) is 0 Å². The lowest BCUT2D eigenvalue weighted by Gasteiger charge is -2.26. The van der Waals surface area contributed by atoms with Crippen LogP contribution in [0.1, 0.15) is 21.5 Å². The third-order valence-corrected chi connectivity index (χ3v) is 5.65. The van der Waals surface area contributed by atoms with Crippen molar-refractivity contribution < 1.29 is 9.53 Å². The number of hydrogen-bond acceptors (Lipinski definition) is 6. The third-order valence-electron chi connectivity index (χ3n) is 5.02. The van der Waals surface area contributed by atoms with E-state index in [0.717, 1.165) is 44.0 Å². The van der Waals surface area contributed by atoms with Gasteiger partial charge in [-0.1, -0.05) is 35.3 Å². The minimum absolute atomic E-state index is 0.140. The second kappa shape index (κ2) is 10.2. The number of halogens is 2. The van der Waals surface area contributed by atoms with Gasteiger partial charge in [0.1, 0.15) is 11.6 Å². The molecular formula is C23H22Cl2N4O2. The molecule has 0 atom stereocenters. The maximum atomic E-state index is 12.7. The molecule has 0 radical (unpaired) electrons. The number of ketones is 1. The summed E-state index contributed by atoms with van der Waals surface area (Å²) in [5.74, 6) is 1.16. The number of aromatic nitrogens is 2. The van der Waals surface area contributed by atoms with Gasteiger partial charge in [0.25, 0.3) is 0 Å². The molecule has 1 aromatic carbocycles. The molecule has 0 bridgehead atoms. The lowest BCUT2D eigenvalue weighted by molar-refractivity contribution is 0.0341. The Labute approximate surface area is 191 Å². The van der Waals surface area contributed by atoms with E-state index in [9.17, 15) is 4.79 Å². The SMILES string of the molecule is O=C(Cc1ccnc(Nc2ccc(CN3CCOCC3)cn2)c1)c1c(Cl)cccc1Cl. The smallest absolute Gasteiger partial charge is 0.170 e. The minimum Gasteiger partial charge on any atom is -0.379 e. The molecule has 3 heterocycles. The molecule has 6 nitrogen and oxygen atoms in total. The van der Waals surface area contributed by atoms with Gasteiger partial charge in [-0.3, -0.25) is 9.69 Å². The molecule has 0 saturated carbocycles. The number of nitrogens with one attached hydrogen (secondary N) is 1. The van der Waals surface area contributed by atoms with Crippen molar-refractivity contribution in [2.75, 3.05) is 31.6 Å². The summed E-state index contributed by atoms with van der Waals surface area (Å²) in [6.45, 7) is 4.29. The highest BCUT2D eigenvalue weighted by Crippen LogP contribution is 2.26. The number of pyridine rings is 2. The Morgan fingerprint density at radius 1 is 1.00 bits per heavy atom. The minimum atomic E-state index is -0.140. The molecule has 1 N–H and O–H groups in total. The molecule has 31 heavy (non-hydrogen) atoms. The summed E-state index contributed by atoms with van der Waals surface area (Å²) in [4.78, 5) is 23.9. The predicted molar refractivity (Wildman–Crippen MR) is 122 cm³/mol. The number of ether oxygens (including phenoxy) is 1. The third kappa shape index (κ3) is 5.80. The van der Waals surface area contributed by atoms with Crippen molar-refractivity contribution in [2.24, 2.45) is 0 Å². The molecule has 1 fully saturated rings. The summed E-state index contributed by atoms with van der Waals surface area (Å²) in [5, 5.41) is 3.90. The van der Waals surface area contributed by atoms with E-state index < -0.39 is 0 Å². The van der Waals surface area contributed by atoms with Crippen LogP contribution >= 0.6 is 23.2 Å². The Balaban J connectivity index is 1.39. The highest BCUT2D eigenvalue weighted by molar-refractivity contribution is 6.39. The highest BCUT2D eigenvalue weighted by Gasteiger charge is 2.15. The van der Waals surface area contributed by atoms with E-state index in [4.69, 9.17) is 27.9 Å². The van der Waals surface area contributed by atoms with Gasteiger partial charge in [-0.2, -0.15) is 0 Å². The second-order valence-electron chi connectivity index (χ2n) is 7.31. The molecule has 4 rings (SSSR count). The van der Waals surface area contributed by atoms with Crippen LogP contribution in [0, 0.1) is 0 Å². The largest absolute Gasteiger partial charge is 0.379 e. The van der Waals surface area contributed by atoms with Crippen LogP contribution in [0.4, 0.5) is 11.6 Å². The fourth-order valence-corrected chi connectivity index (χ4v) is 4.04. The van der Waals surface area contributed by atoms with Gasteiger partial charge < -0.3 is 10.1 Å². The van der Waals surface area contributed by atoms with Crippen LogP contribution in [0.5, 0.6) is 0 Å². The number of Topliss-reactive ketones (excluding diaryl/α,β-unsaturated/α-hetero) is 1. The molecule has 3 aromatic rings. The molecule has 160 valence electrons. The topological polar surface area (TPSA) is 67.4 Å². The first-order chi connectivity index (χ1) is 15.1. The Morgan fingerprint density at radius 3 is 2.48 bits per heavy atom. The average Bonchev–Trinajstić information content (AvgIpc) is 2.76. The molecule has 8 heteroatoms. The summed E-state index contributed by atoms with van der Waals surface area (Å²) in [6.07, 6.45) is 3.70. The summed E-state index contributed by atoms with van der Waals surface area (Å²) in [6, 6.07) is 12.6. The fraction of sp³-hybridized carbons (Fsp3) is 0.261. The van der Waals surface area contributed by atoms with E-state index in [0.29, 0.717) is 27.2 Å². The number of anilines is 2. The van der Waals surface area contributed by atoms with Crippen LogP contribution in [-0.4, -0.2) is 47.0 Å². The number of carbonyl (C=O) groups is 1. The van der Waals surface area contributed by atoms with Gasteiger partial charge in [0.15, 0.2) is 5.78 Å². The quantitative estimate of drug-likeness (QED) is 0.515. The second-order valence-corrected chi connectivity index (χ2v) is 8.13. The number of nitrogens with zero attached hydrogens (tertiary/aromatic N) is 3. The van der Waals surface area contributed by atoms with E-state index in [2.05, 4.69) is 26.3 Å². The van der Waals surface area contributed by atoms with E-state index in [1.54, 1.807) is 30.5 Å². The molecule has 0 spiro atoms. The van der Waals surface area contributed by atoms with Gasteiger partial charge in [0, 0.05) is 38.4 Å². The molecular weight excluding hydrogens is 435 g/mol. The molecule has 1 aliphatic rings. The molecule has 2 aromatic heterocycles. The monoisotopic (exact) mass is 456 g/mol. The van der Waals surface area contributed by atoms with Crippen molar-refractivity contribution in [1.29, 1.82) is 0 Å². The summed E-state index contributed by atoms with van der Waals surface area (Å²) >= 11 is 12.3. The number of rotatable bonds is 7. The fourth-order valence-electron chi connectivity index (χ4n) is 3.43. The van der Waals surface area contributed by atoms with E-state index in [-0.39, 0.29) is 12.2 Å². The maximum absolute atomic E-state index is 12.7. The molecule has 0 amide bonds. The Hall–Kier alpha value is -2.51. The molecule has 1 aliphatic heterocycles. The summed E-state index contributed by atoms with van der Waals surface area (Å²) in [7, 11) is 0. The van der Waals surface area contributed by atoms with Gasteiger partial charge in [0.05, 0.1) is 28.8 Å². The first kappa shape index (κ1) is 21.7. The number of hydrogen-bond donors (Lipinski definition) is 1. The van der Waals surface area contributed by atoms with Gasteiger partial charge >= 0.3 is 0 Å². The van der Waals surface area contributed by atoms with Crippen molar-refractivity contribution in [3.63, 3.8) is 0 Å². The Kier molecular flexibility index (Phi) is 7.14. The Morgan fingerprint density at radius 2 is 1.77 bits per heavy atom. The predicted octanol–water partition coefficient (Wildman–Crippen LogP) is 4.78. The molecule has 0 unspecified atom stereocenters. The lowest BCUT2D eigenvalue weighted by Crippen LogP contribution is -2.35. The first-order valence-electron chi connectivity index (χ1n) is 10.0. The van der Waals surface area contributed by atoms with Gasteiger partial charge in [-0.25, -0.2) is 9.97 Å². The van der Waals surface area contributed by atoms with E-state index in [1.807, 2.05) is 18.3 Å². The average molecular weight is 457 g/mol. The number of carbonyl (C=O) groups excluding carboxylic acids is 1. The van der Waals surface area contributed by atoms with Crippen molar-refractivity contribution in [1.82, 2.24) is 14.9 Å².